The summed E-state index contributed by atoms with van der Waals surface area (Å²) in [5, 5.41) is 6.05. The maximum Gasteiger partial charge on any atom is 0.433 e. The SMILES string of the molecule is CC(C)(C)c1cc(NC(=O)C(C)(C)S(=O)(=O)c2ccc(C(F)(F)F)nc2)no1. The number of sulfone groups is 1. The first-order valence-corrected chi connectivity index (χ1v) is 9.61. The third kappa shape index (κ3) is 4.18. The van der Waals surface area contributed by atoms with Gasteiger partial charge >= 0.3 is 6.18 Å². The number of carbonyl (C=O) groups is 1. The van der Waals surface area contributed by atoms with Crippen molar-refractivity contribution in [1.29, 1.82) is 0 Å². The molecule has 2 heterocycles. The average Bonchev–Trinajstić information content (AvgIpc) is 3.02. The molecule has 1 N–H and O–H groups in total. The maximum atomic E-state index is 12.8. The minimum atomic E-state index is -4.70. The molecule has 0 fully saturated rings. The minimum absolute atomic E-state index is 0.0312. The molecule has 1 amide bonds. The van der Waals surface area contributed by atoms with E-state index < -0.39 is 37.3 Å². The van der Waals surface area contributed by atoms with Crippen LogP contribution < -0.4 is 5.32 Å². The van der Waals surface area contributed by atoms with Crippen molar-refractivity contribution in [1.82, 2.24) is 10.1 Å². The molecule has 0 atom stereocenters. The summed E-state index contributed by atoms with van der Waals surface area (Å²) >= 11 is 0. The van der Waals surface area contributed by atoms with Gasteiger partial charge < -0.3 is 9.84 Å². The molecule has 0 aliphatic rings. The molecule has 154 valence electrons. The first kappa shape index (κ1) is 21.9. The van der Waals surface area contributed by atoms with E-state index in [1.807, 2.05) is 20.8 Å². The molecule has 0 radical (unpaired) electrons. The summed E-state index contributed by atoms with van der Waals surface area (Å²) in [5.41, 5.74) is -1.60. The summed E-state index contributed by atoms with van der Waals surface area (Å²) in [6, 6.07) is 2.79. The van der Waals surface area contributed by atoms with Gasteiger partial charge in [-0.3, -0.25) is 9.78 Å². The van der Waals surface area contributed by atoms with Crippen molar-refractivity contribution in [2.24, 2.45) is 0 Å². The fourth-order valence-electron chi connectivity index (χ4n) is 2.08. The van der Waals surface area contributed by atoms with Gasteiger partial charge in [-0.1, -0.05) is 25.9 Å². The predicted molar refractivity (Wildman–Crippen MR) is 94.3 cm³/mol. The fraction of sp³-hybridized carbons (Fsp3) is 0.471. The van der Waals surface area contributed by atoms with Crippen molar-refractivity contribution in [2.75, 3.05) is 5.32 Å². The zero-order valence-corrected chi connectivity index (χ0v) is 16.7. The standard InChI is InChI=1S/C17H20F3N3O4S/c1-15(2,3)12-8-13(23-27-12)22-14(24)16(4,5)28(25,26)10-6-7-11(21-9-10)17(18,19)20/h6-9H,1-5H3,(H,22,23,24). The van der Waals surface area contributed by atoms with E-state index in [1.165, 1.54) is 6.07 Å². The number of nitrogens with one attached hydrogen (secondary N) is 1. The molecule has 2 aromatic rings. The van der Waals surface area contributed by atoms with Gasteiger partial charge in [-0.05, 0) is 26.0 Å². The number of hydrogen-bond donors (Lipinski definition) is 1. The van der Waals surface area contributed by atoms with Crippen LogP contribution in [0.2, 0.25) is 0 Å². The van der Waals surface area contributed by atoms with Crippen LogP contribution in [0.15, 0.2) is 33.8 Å². The molecular weight excluding hydrogens is 399 g/mol. The van der Waals surface area contributed by atoms with Crippen LogP contribution in [0.5, 0.6) is 0 Å². The Morgan fingerprint density at radius 1 is 1.11 bits per heavy atom. The molecule has 0 bridgehead atoms. The molecule has 0 aromatic carbocycles. The zero-order chi connectivity index (χ0) is 21.5. The Hall–Kier alpha value is -2.43. The number of halogens is 3. The first-order valence-electron chi connectivity index (χ1n) is 8.13. The summed E-state index contributed by atoms with van der Waals surface area (Å²) in [6.07, 6.45) is -4.12. The lowest BCUT2D eigenvalue weighted by Crippen LogP contribution is -2.44. The molecule has 0 saturated heterocycles. The largest absolute Gasteiger partial charge is 0.433 e. The highest BCUT2D eigenvalue weighted by molar-refractivity contribution is 7.93. The number of alkyl halides is 3. The summed E-state index contributed by atoms with van der Waals surface area (Å²) in [6.45, 7) is 7.88. The van der Waals surface area contributed by atoms with Crippen LogP contribution in [0, 0.1) is 0 Å². The maximum absolute atomic E-state index is 12.8. The number of nitrogens with zero attached hydrogens (tertiary/aromatic N) is 2. The number of pyridine rings is 1. The van der Waals surface area contributed by atoms with Crippen LogP contribution in [0.4, 0.5) is 19.0 Å². The number of rotatable bonds is 4. The molecule has 0 aliphatic carbocycles. The van der Waals surface area contributed by atoms with E-state index >= 15 is 0 Å². The van der Waals surface area contributed by atoms with E-state index in [0.29, 0.717) is 18.0 Å². The van der Waals surface area contributed by atoms with Gasteiger partial charge in [0.1, 0.15) is 16.2 Å². The molecule has 0 unspecified atom stereocenters. The number of anilines is 1. The normalized spacial score (nSPS) is 13.4. The van der Waals surface area contributed by atoms with Gasteiger partial charge in [0.2, 0.25) is 5.91 Å². The minimum Gasteiger partial charge on any atom is -0.359 e. The van der Waals surface area contributed by atoms with Crippen LogP contribution >= 0.6 is 0 Å². The van der Waals surface area contributed by atoms with Crippen molar-refractivity contribution < 1.29 is 30.9 Å². The summed E-state index contributed by atoms with van der Waals surface area (Å²) in [7, 11) is -4.34. The lowest BCUT2D eigenvalue weighted by atomic mass is 9.93. The van der Waals surface area contributed by atoms with Crippen LogP contribution in [0.25, 0.3) is 0 Å². The lowest BCUT2D eigenvalue weighted by molar-refractivity contribution is -0.141. The van der Waals surface area contributed by atoms with Crippen molar-refractivity contribution in [3.63, 3.8) is 0 Å². The van der Waals surface area contributed by atoms with Gasteiger partial charge in [-0.15, -0.1) is 0 Å². The molecule has 2 aromatic heterocycles. The Balaban J connectivity index is 2.28. The molecule has 28 heavy (non-hydrogen) atoms. The van der Waals surface area contributed by atoms with Crippen LogP contribution in [-0.2, 0) is 26.2 Å². The molecule has 0 spiro atoms. The first-order chi connectivity index (χ1) is 12.6. The molecule has 0 saturated carbocycles. The Kier molecular flexibility index (Phi) is 5.37. The second-order valence-electron chi connectivity index (χ2n) is 7.67. The summed E-state index contributed by atoms with van der Waals surface area (Å²) < 4.78 is 66.5. The Morgan fingerprint density at radius 2 is 1.71 bits per heavy atom. The third-order valence-corrected chi connectivity index (χ3v) is 6.44. The van der Waals surface area contributed by atoms with Gasteiger partial charge in [0.05, 0.1) is 4.90 Å². The van der Waals surface area contributed by atoms with E-state index in [1.54, 1.807) is 0 Å². The third-order valence-electron chi connectivity index (χ3n) is 4.05. The van der Waals surface area contributed by atoms with E-state index in [4.69, 9.17) is 4.52 Å². The smallest absolute Gasteiger partial charge is 0.359 e. The van der Waals surface area contributed by atoms with Gasteiger partial charge in [-0.25, -0.2) is 8.42 Å². The topological polar surface area (TPSA) is 102 Å². The highest BCUT2D eigenvalue weighted by atomic mass is 32.2. The Morgan fingerprint density at radius 3 is 2.14 bits per heavy atom. The Bertz CT molecular complexity index is 972. The van der Waals surface area contributed by atoms with Crippen LogP contribution in [0.1, 0.15) is 46.1 Å². The van der Waals surface area contributed by atoms with Gasteiger partial charge in [0.15, 0.2) is 15.7 Å². The lowest BCUT2D eigenvalue weighted by Gasteiger charge is -2.23. The van der Waals surface area contributed by atoms with Gasteiger partial charge in [0, 0.05) is 17.7 Å². The monoisotopic (exact) mass is 419 g/mol. The molecular formula is C17H20F3N3O4S. The number of aromatic nitrogens is 2. The molecule has 11 heteroatoms. The number of amides is 1. The molecule has 7 nitrogen and oxygen atoms in total. The second-order valence-corrected chi connectivity index (χ2v) is 10.2. The highest BCUT2D eigenvalue weighted by Gasteiger charge is 2.44. The van der Waals surface area contributed by atoms with Crippen molar-refractivity contribution >= 4 is 21.6 Å². The van der Waals surface area contributed by atoms with E-state index in [2.05, 4.69) is 15.5 Å². The molecule has 2 rings (SSSR count). The fourth-order valence-corrected chi connectivity index (χ4v) is 3.40. The second kappa shape index (κ2) is 6.87. The van der Waals surface area contributed by atoms with Crippen molar-refractivity contribution in [2.45, 2.75) is 55.9 Å². The zero-order valence-electron chi connectivity index (χ0n) is 15.9. The summed E-state index contributed by atoms with van der Waals surface area (Å²) in [5.74, 6) is -0.402. The summed E-state index contributed by atoms with van der Waals surface area (Å²) in [4.78, 5) is 15.2. The van der Waals surface area contributed by atoms with Crippen molar-refractivity contribution in [3.8, 4) is 0 Å². The number of carbonyl (C=O) groups excluding carboxylic acids is 1. The number of hydrogen-bond acceptors (Lipinski definition) is 6. The predicted octanol–water partition coefficient (Wildman–Crippen LogP) is 3.58. The van der Waals surface area contributed by atoms with Gasteiger partial charge in [-0.2, -0.15) is 13.2 Å². The van der Waals surface area contributed by atoms with Gasteiger partial charge in [0.25, 0.3) is 0 Å². The van der Waals surface area contributed by atoms with Crippen LogP contribution in [0.3, 0.4) is 0 Å². The van der Waals surface area contributed by atoms with Crippen LogP contribution in [-0.4, -0.2) is 29.2 Å². The average molecular weight is 419 g/mol. The van der Waals surface area contributed by atoms with E-state index in [0.717, 1.165) is 19.9 Å². The van der Waals surface area contributed by atoms with Crippen molar-refractivity contribution in [3.05, 3.63) is 35.9 Å². The quantitative estimate of drug-likeness (QED) is 0.813. The Labute approximate surface area is 160 Å². The van der Waals surface area contributed by atoms with E-state index in [9.17, 15) is 26.4 Å². The molecule has 0 aliphatic heterocycles. The highest BCUT2D eigenvalue weighted by Crippen LogP contribution is 2.31. The van der Waals surface area contributed by atoms with E-state index in [-0.39, 0.29) is 11.2 Å².